The van der Waals surface area contributed by atoms with E-state index in [0.29, 0.717) is 21.9 Å². The van der Waals surface area contributed by atoms with Crippen LogP contribution in [0, 0.1) is 0 Å². The lowest BCUT2D eigenvalue weighted by molar-refractivity contribution is -0.115. The van der Waals surface area contributed by atoms with Crippen LogP contribution in [0.1, 0.15) is 5.56 Å². The molecule has 1 N–H and O–H groups in total. The lowest BCUT2D eigenvalue weighted by atomic mass is 10.1. The second kappa shape index (κ2) is 6.88. The number of fused-ring (bicyclic) bond motifs is 1. The highest BCUT2D eigenvalue weighted by atomic mass is 35.5. The van der Waals surface area contributed by atoms with Crippen molar-refractivity contribution in [1.82, 2.24) is 0 Å². The van der Waals surface area contributed by atoms with Crippen LogP contribution in [0.15, 0.2) is 53.1 Å². The summed E-state index contributed by atoms with van der Waals surface area (Å²) in [6.07, 6.45) is 1.61. The van der Waals surface area contributed by atoms with Crippen molar-refractivity contribution < 1.29 is 22.7 Å². The van der Waals surface area contributed by atoms with Gasteiger partial charge in [-0.2, -0.15) is 8.78 Å². The molecule has 0 atom stereocenters. The summed E-state index contributed by atoms with van der Waals surface area (Å²) in [5.41, 5.74) is 1.84. The van der Waals surface area contributed by atoms with Crippen LogP contribution in [-0.2, 0) is 11.2 Å². The van der Waals surface area contributed by atoms with Crippen molar-refractivity contribution in [3.05, 3.63) is 59.3 Å². The molecule has 2 aromatic carbocycles. The Morgan fingerprint density at radius 3 is 2.67 bits per heavy atom. The predicted molar refractivity (Wildman–Crippen MR) is 86.6 cm³/mol. The van der Waals surface area contributed by atoms with Gasteiger partial charge < -0.3 is 14.5 Å². The summed E-state index contributed by atoms with van der Waals surface area (Å²) in [5, 5.41) is 4.02. The molecule has 4 nitrogen and oxygen atoms in total. The average Bonchev–Trinajstić information content (AvgIpc) is 2.91. The number of carbonyl (C=O) groups excluding carboxylic acids is 1. The van der Waals surface area contributed by atoms with E-state index in [-0.39, 0.29) is 18.1 Å². The van der Waals surface area contributed by atoms with Gasteiger partial charge in [-0.25, -0.2) is 0 Å². The number of halogens is 3. The van der Waals surface area contributed by atoms with Crippen molar-refractivity contribution in [2.45, 2.75) is 13.0 Å². The van der Waals surface area contributed by atoms with Crippen LogP contribution >= 0.6 is 11.6 Å². The number of benzene rings is 2. The van der Waals surface area contributed by atoms with E-state index < -0.39 is 6.61 Å². The number of hydrogen-bond acceptors (Lipinski definition) is 3. The molecule has 3 rings (SSSR count). The smallest absolute Gasteiger partial charge is 0.387 e. The van der Waals surface area contributed by atoms with E-state index in [4.69, 9.17) is 16.0 Å². The maximum absolute atomic E-state index is 12.1. The SMILES string of the molecule is O=C(Cc1coc2ccc(Cl)cc12)Nc1ccc(OC(F)F)cc1. The summed E-state index contributed by atoms with van der Waals surface area (Å²) < 4.78 is 33.8. The molecule has 1 amide bonds. The van der Waals surface area contributed by atoms with Crippen molar-refractivity contribution in [3.8, 4) is 5.75 Å². The molecule has 0 unspecified atom stereocenters. The summed E-state index contributed by atoms with van der Waals surface area (Å²) in [6.45, 7) is -2.88. The number of alkyl halides is 2. The summed E-state index contributed by atoms with van der Waals surface area (Å²) in [7, 11) is 0. The first kappa shape index (κ1) is 16.3. The number of anilines is 1. The van der Waals surface area contributed by atoms with E-state index in [2.05, 4.69) is 10.1 Å². The fraction of sp³-hybridized carbons (Fsp3) is 0.118. The minimum absolute atomic E-state index is 0.0264. The van der Waals surface area contributed by atoms with Crippen LogP contribution in [-0.4, -0.2) is 12.5 Å². The van der Waals surface area contributed by atoms with Gasteiger partial charge in [0.15, 0.2) is 0 Å². The molecule has 1 heterocycles. The quantitative estimate of drug-likeness (QED) is 0.713. The first-order valence-corrected chi connectivity index (χ1v) is 7.39. The Balaban J connectivity index is 1.67. The Labute approximate surface area is 141 Å². The van der Waals surface area contributed by atoms with Gasteiger partial charge >= 0.3 is 6.61 Å². The van der Waals surface area contributed by atoms with Gasteiger partial charge in [0.2, 0.25) is 5.91 Å². The number of rotatable bonds is 5. The number of furan rings is 1. The minimum Gasteiger partial charge on any atom is -0.464 e. The fourth-order valence-corrected chi connectivity index (χ4v) is 2.46. The highest BCUT2D eigenvalue weighted by molar-refractivity contribution is 6.31. The predicted octanol–water partition coefficient (Wildman–Crippen LogP) is 4.87. The van der Waals surface area contributed by atoms with Crippen molar-refractivity contribution in [2.24, 2.45) is 0 Å². The molecule has 0 bridgehead atoms. The van der Waals surface area contributed by atoms with E-state index in [1.54, 1.807) is 18.2 Å². The molecule has 0 fully saturated rings. The molecule has 24 heavy (non-hydrogen) atoms. The molecule has 1 aromatic heterocycles. The van der Waals surface area contributed by atoms with Gasteiger partial charge in [0.05, 0.1) is 12.7 Å². The zero-order chi connectivity index (χ0) is 17.1. The van der Waals surface area contributed by atoms with Crippen LogP contribution in [0.25, 0.3) is 11.0 Å². The van der Waals surface area contributed by atoms with E-state index in [1.165, 1.54) is 30.5 Å². The number of hydrogen-bond donors (Lipinski definition) is 1. The lowest BCUT2D eigenvalue weighted by Gasteiger charge is -2.07. The van der Waals surface area contributed by atoms with E-state index >= 15 is 0 Å². The summed E-state index contributed by atoms with van der Waals surface area (Å²) in [6, 6.07) is 10.9. The third-order valence-electron chi connectivity index (χ3n) is 3.33. The number of nitrogens with one attached hydrogen (secondary N) is 1. The van der Waals surface area contributed by atoms with Gasteiger partial charge in [-0.3, -0.25) is 4.79 Å². The van der Waals surface area contributed by atoms with Gasteiger partial charge in [0, 0.05) is 21.7 Å². The number of carbonyl (C=O) groups is 1. The van der Waals surface area contributed by atoms with Crippen molar-refractivity contribution in [3.63, 3.8) is 0 Å². The molecule has 0 radical (unpaired) electrons. The second-order valence-corrected chi connectivity index (χ2v) is 5.47. The molecule has 0 saturated carbocycles. The van der Waals surface area contributed by atoms with Crippen LogP contribution in [0.4, 0.5) is 14.5 Å². The monoisotopic (exact) mass is 351 g/mol. The molecule has 0 aliphatic heterocycles. The Kier molecular flexibility index (Phi) is 4.66. The molecule has 124 valence electrons. The minimum atomic E-state index is -2.88. The van der Waals surface area contributed by atoms with Gasteiger partial charge in [-0.05, 0) is 42.5 Å². The van der Waals surface area contributed by atoms with E-state index in [0.717, 1.165) is 5.39 Å². The zero-order valence-corrected chi connectivity index (χ0v) is 13.0. The first-order chi connectivity index (χ1) is 11.5. The molecular weight excluding hydrogens is 340 g/mol. The normalized spacial score (nSPS) is 11.0. The maximum Gasteiger partial charge on any atom is 0.387 e. The molecule has 7 heteroatoms. The first-order valence-electron chi connectivity index (χ1n) is 7.01. The number of ether oxygens (including phenoxy) is 1. The fourth-order valence-electron chi connectivity index (χ4n) is 2.29. The van der Waals surface area contributed by atoms with Gasteiger partial charge in [-0.1, -0.05) is 11.6 Å². The van der Waals surface area contributed by atoms with Crippen molar-refractivity contribution >= 4 is 34.2 Å². The van der Waals surface area contributed by atoms with Crippen LogP contribution < -0.4 is 10.1 Å². The Hall–Kier alpha value is -2.60. The largest absolute Gasteiger partial charge is 0.464 e. The number of amides is 1. The molecule has 3 aromatic rings. The molecule has 0 aliphatic rings. The topological polar surface area (TPSA) is 51.5 Å². The maximum atomic E-state index is 12.1. The highest BCUT2D eigenvalue weighted by Gasteiger charge is 2.11. The van der Waals surface area contributed by atoms with Crippen LogP contribution in [0.3, 0.4) is 0 Å². The highest BCUT2D eigenvalue weighted by Crippen LogP contribution is 2.25. The Morgan fingerprint density at radius 2 is 1.96 bits per heavy atom. The Morgan fingerprint density at radius 1 is 1.21 bits per heavy atom. The zero-order valence-electron chi connectivity index (χ0n) is 12.3. The summed E-state index contributed by atoms with van der Waals surface area (Å²) in [5.74, 6) is -0.237. The average molecular weight is 352 g/mol. The third kappa shape index (κ3) is 3.83. The standard InChI is InChI=1S/C17H12ClF2NO3/c18-11-1-6-15-14(8-11)10(9-23-15)7-16(22)21-12-2-4-13(5-3-12)24-17(19)20/h1-6,8-9,17H,7H2,(H,21,22). The van der Waals surface area contributed by atoms with E-state index in [9.17, 15) is 13.6 Å². The van der Waals surface area contributed by atoms with Crippen LogP contribution in [0.2, 0.25) is 5.02 Å². The molecular formula is C17H12ClF2NO3. The third-order valence-corrected chi connectivity index (χ3v) is 3.57. The lowest BCUT2D eigenvalue weighted by Crippen LogP contribution is -2.14. The molecule has 0 spiro atoms. The second-order valence-electron chi connectivity index (χ2n) is 5.03. The molecule has 0 saturated heterocycles. The van der Waals surface area contributed by atoms with Gasteiger partial charge in [0.25, 0.3) is 0 Å². The Bertz CT molecular complexity index is 862. The van der Waals surface area contributed by atoms with E-state index in [1.807, 2.05) is 0 Å². The molecule has 0 aliphatic carbocycles. The van der Waals surface area contributed by atoms with Crippen LogP contribution in [0.5, 0.6) is 5.75 Å². The van der Waals surface area contributed by atoms with Gasteiger partial charge in [0.1, 0.15) is 11.3 Å². The summed E-state index contributed by atoms with van der Waals surface area (Å²) in [4.78, 5) is 12.1. The van der Waals surface area contributed by atoms with Gasteiger partial charge in [-0.15, -0.1) is 0 Å². The van der Waals surface area contributed by atoms with Crippen molar-refractivity contribution in [1.29, 1.82) is 0 Å². The van der Waals surface area contributed by atoms with Crippen molar-refractivity contribution in [2.75, 3.05) is 5.32 Å². The summed E-state index contributed by atoms with van der Waals surface area (Å²) >= 11 is 5.96.